The van der Waals surface area contributed by atoms with Gasteiger partial charge < -0.3 is 4.74 Å². The van der Waals surface area contributed by atoms with Crippen LogP contribution in [0.2, 0.25) is 0 Å². The number of rotatable bonds is 1. The van der Waals surface area contributed by atoms with E-state index in [0.717, 1.165) is 7.11 Å². The Balaban J connectivity index is 3.53. The zero-order valence-electron chi connectivity index (χ0n) is 11.1. The maximum Gasteiger partial charge on any atom is 0.356 e. The molecule has 0 aliphatic heterocycles. The molecule has 64 valence electrons. The van der Waals surface area contributed by atoms with Crippen LogP contribution in [-0.4, -0.2) is 18.1 Å². The molecule has 1 aromatic rings. The van der Waals surface area contributed by atoms with Crippen LogP contribution in [0.15, 0.2) is 16.7 Å². The minimum absolute atomic E-state index is 0.141. The molecule has 4 heteroatoms. The standard InChI is InChI=1S/C8H8BrNO2/c1-5-4-10-7(3-6(5)9)8(11)12-2/h3-4H,1-2H3/i1D3,3D,4D. The fourth-order valence-electron chi connectivity index (χ4n) is 0.549. The quantitative estimate of drug-likeness (QED) is 0.698. The van der Waals surface area contributed by atoms with E-state index >= 15 is 0 Å². The maximum absolute atomic E-state index is 11.3. The number of ether oxygens (including phenoxy) is 1. The molecule has 3 nitrogen and oxygen atoms in total. The van der Waals surface area contributed by atoms with Crippen LogP contribution in [-0.2, 0) is 4.74 Å². The second-order valence-corrected chi connectivity index (χ2v) is 2.67. The van der Waals surface area contributed by atoms with E-state index in [9.17, 15) is 4.79 Å². The third-order valence-electron chi connectivity index (χ3n) is 1.11. The topological polar surface area (TPSA) is 39.2 Å². The lowest BCUT2D eigenvalue weighted by Gasteiger charge is -2.00. The van der Waals surface area contributed by atoms with Crippen LogP contribution in [0.4, 0.5) is 0 Å². The van der Waals surface area contributed by atoms with Gasteiger partial charge in [-0.25, -0.2) is 9.78 Å². The highest BCUT2D eigenvalue weighted by molar-refractivity contribution is 9.10. The number of carbonyl (C=O) groups is 1. The molecule has 0 bridgehead atoms. The summed E-state index contributed by atoms with van der Waals surface area (Å²) in [6, 6.07) is -0.404. The van der Waals surface area contributed by atoms with Gasteiger partial charge in [0, 0.05) is 14.8 Å². The lowest BCUT2D eigenvalue weighted by molar-refractivity contribution is 0.0594. The van der Waals surface area contributed by atoms with Crippen LogP contribution < -0.4 is 0 Å². The van der Waals surface area contributed by atoms with Gasteiger partial charge >= 0.3 is 5.97 Å². The monoisotopic (exact) mass is 234 g/mol. The maximum atomic E-state index is 11.3. The van der Waals surface area contributed by atoms with Crippen LogP contribution in [0.3, 0.4) is 0 Å². The number of carbonyl (C=O) groups excluding carboxylic acids is 1. The molecule has 0 N–H and O–H groups in total. The average Bonchev–Trinajstić information content (AvgIpc) is 2.20. The van der Waals surface area contributed by atoms with Crippen molar-refractivity contribution in [1.82, 2.24) is 4.98 Å². The highest BCUT2D eigenvalue weighted by Crippen LogP contribution is 2.15. The third kappa shape index (κ3) is 1.82. The Morgan fingerprint density at radius 3 is 3.25 bits per heavy atom. The molecule has 0 atom stereocenters. The molecule has 0 amide bonds. The van der Waals surface area contributed by atoms with Crippen molar-refractivity contribution >= 4 is 21.9 Å². The van der Waals surface area contributed by atoms with E-state index in [2.05, 4.69) is 25.7 Å². The van der Waals surface area contributed by atoms with Crippen LogP contribution >= 0.6 is 15.9 Å². The second-order valence-electron chi connectivity index (χ2n) is 1.88. The molecule has 0 saturated carbocycles. The first-order chi connectivity index (χ1) is 7.70. The Labute approximate surface area is 85.9 Å². The Morgan fingerprint density at radius 2 is 2.67 bits per heavy atom. The van der Waals surface area contributed by atoms with Crippen molar-refractivity contribution in [2.75, 3.05) is 7.11 Å². The molecule has 1 rings (SSSR count). The normalized spacial score (nSPS) is 16.7. The van der Waals surface area contributed by atoms with Gasteiger partial charge in [0.05, 0.1) is 9.85 Å². The molecule has 12 heavy (non-hydrogen) atoms. The van der Waals surface area contributed by atoms with Crippen molar-refractivity contribution in [3.8, 4) is 0 Å². The van der Waals surface area contributed by atoms with E-state index in [1.54, 1.807) is 0 Å². The third-order valence-corrected chi connectivity index (χ3v) is 1.70. The summed E-state index contributed by atoms with van der Waals surface area (Å²) in [6.45, 7) is -2.58. The summed E-state index contributed by atoms with van der Waals surface area (Å²) in [6.07, 6.45) is -0.576. The summed E-state index contributed by atoms with van der Waals surface area (Å²) in [4.78, 5) is 14.7. The average molecular weight is 235 g/mol. The molecule has 0 aliphatic rings. The van der Waals surface area contributed by atoms with Gasteiger partial charge in [0.2, 0.25) is 0 Å². The molecule has 0 aliphatic carbocycles. The minimum Gasteiger partial charge on any atom is -0.464 e. The Bertz CT molecular complexity index is 474. The van der Waals surface area contributed by atoms with Gasteiger partial charge in [-0.2, -0.15) is 0 Å². The summed E-state index contributed by atoms with van der Waals surface area (Å²) in [5, 5.41) is 0. The molecule has 0 radical (unpaired) electrons. The summed E-state index contributed by atoms with van der Waals surface area (Å²) in [5.41, 5.74) is -0.785. The van der Waals surface area contributed by atoms with E-state index in [4.69, 9.17) is 6.85 Å². The molecule has 0 spiro atoms. The van der Waals surface area contributed by atoms with Crippen molar-refractivity contribution in [3.05, 3.63) is 27.9 Å². The Kier molecular flexibility index (Phi) is 1.34. The number of aromatic nitrogens is 1. The number of esters is 1. The van der Waals surface area contributed by atoms with Crippen LogP contribution in [0.25, 0.3) is 0 Å². The van der Waals surface area contributed by atoms with Crippen LogP contribution in [0.1, 0.15) is 22.9 Å². The molecule has 1 aromatic heterocycles. The molecule has 0 saturated heterocycles. The van der Waals surface area contributed by atoms with Crippen LogP contribution in [0, 0.1) is 6.85 Å². The van der Waals surface area contributed by atoms with Gasteiger partial charge in [-0.3, -0.25) is 0 Å². The second kappa shape index (κ2) is 3.67. The summed E-state index contributed by atoms with van der Waals surface area (Å²) in [5.74, 6) is -0.888. The van der Waals surface area contributed by atoms with E-state index in [-0.39, 0.29) is 4.47 Å². The number of hydrogen-bond acceptors (Lipinski definition) is 3. The smallest absolute Gasteiger partial charge is 0.356 e. The number of pyridine rings is 1. The summed E-state index contributed by atoms with van der Waals surface area (Å²) < 4.78 is 41.0. The zero-order chi connectivity index (χ0) is 13.4. The van der Waals surface area contributed by atoms with E-state index in [1.165, 1.54) is 0 Å². The molecular weight excluding hydrogens is 222 g/mol. The van der Waals surface area contributed by atoms with Gasteiger partial charge in [-0.15, -0.1) is 0 Å². The fraction of sp³-hybridized carbons (Fsp3) is 0.250. The van der Waals surface area contributed by atoms with E-state index < -0.39 is 36.3 Å². The first-order valence-corrected chi connectivity index (χ1v) is 3.75. The molecule has 0 fully saturated rings. The Morgan fingerprint density at radius 1 is 1.92 bits per heavy atom. The summed E-state index contributed by atoms with van der Waals surface area (Å²) in [7, 11) is 1.11. The predicted molar refractivity (Wildman–Crippen MR) is 48.0 cm³/mol. The molecule has 1 heterocycles. The van der Waals surface area contributed by atoms with Gasteiger partial charge in [0.15, 0.2) is 0 Å². The van der Waals surface area contributed by atoms with Crippen molar-refractivity contribution in [3.63, 3.8) is 0 Å². The predicted octanol–water partition coefficient (Wildman–Crippen LogP) is 1.94. The number of halogens is 1. The minimum atomic E-state index is -2.58. The van der Waals surface area contributed by atoms with Crippen molar-refractivity contribution in [1.29, 1.82) is 0 Å². The van der Waals surface area contributed by atoms with Crippen molar-refractivity contribution in [2.45, 2.75) is 6.85 Å². The summed E-state index contributed by atoms with van der Waals surface area (Å²) >= 11 is 2.90. The lowest BCUT2D eigenvalue weighted by atomic mass is 10.3. The van der Waals surface area contributed by atoms with Crippen LogP contribution in [0.5, 0.6) is 0 Å². The SMILES string of the molecule is [2H]c1nc(C(=O)OC)c([2H])c(Br)c1C([2H])([2H])[2H]. The highest BCUT2D eigenvalue weighted by atomic mass is 79.9. The zero-order valence-corrected chi connectivity index (χ0v) is 7.73. The fourth-order valence-corrected chi connectivity index (χ4v) is 0.825. The number of methoxy groups -OCH3 is 1. The number of hydrogen-bond donors (Lipinski definition) is 0. The Hall–Kier alpha value is -0.900. The first kappa shape index (κ1) is 4.37. The van der Waals surface area contributed by atoms with Crippen molar-refractivity contribution in [2.24, 2.45) is 0 Å². The molecular formula is C8H8BrNO2. The van der Waals surface area contributed by atoms with Gasteiger partial charge in [0.1, 0.15) is 5.69 Å². The van der Waals surface area contributed by atoms with Gasteiger partial charge in [-0.1, -0.05) is 15.9 Å². The molecule has 0 aromatic carbocycles. The van der Waals surface area contributed by atoms with E-state index in [1.807, 2.05) is 0 Å². The van der Waals surface area contributed by atoms with E-state index in [0.29, 0.717) is 0 Å². The van der Waals surface area contributed by atoms with Gasteiger partial charge in [0.25, 0.3) is 0 Å². The van der Waals surface area contributed by atoms with Crippen molar-refractivity contribution < 1.29 is 16.4 Å². The molecule has 0 unspecified atom stereocenters. The number of nitrogens with zero attached hydrogens (tertiary/aromatic N) is 1. The largest absolute Gasteiger partial charge is 0.464 e. The first-order valence-electron chi connectivity index (χ1n) is 5.45. The highest BCUT2D eigenvalue weighted by Gasteiger charge is 2.07. The van der Waals surface area contributed by atoms with Gasteiger partial charge in [-0.05, 0) is 18.5 Å². The lowest BCUT2D eigenvalue weighted by Crippen LogP contribution is -2.04.